The minimum absolute atomic E-state index is 0.0158. The number of rotatable bonds is 4. The maximum absolute atomic E-state index is 12.1. The molecule has 2 amide bonds. The lowest BCUT2D eigenvalue weighted by molar-refractivity contribution is -0.143. The Labute approximate surface area is 142 Å². The molecule has 2 N–H and O–H groups in total. The van der Waals surface area contributed by atoms with Crippen molar-refractivity contribution in [2.75, 3.05) is 6.54 Å². The molecule has 0 aromatic heterocycles. The van der Waals surface area contributed by atoms with Crippen LogP contribution >= 0.6 is 0 Å². The molecule has 24 heavy (non-hydrogen) atoms. The highest BCUT2D eigenvalue weighted by molar-refractivity contribution is 5.97. The van der Waals surface area contributed by atoms with E-state index in [1.807, 2.05) is 12.1 Å². The number of nitrogens with one attached hydrogen (secondary N) is 2. The molecule has 0 unspecified atom stereocenters. The van der Waals surface area contributed by atoms with E-state index >= 15 is 0 Å². The van der Waals surface area contributed by atoms with Crippen LogP contribution in [-0.2, 0) is 19.7 Å². The van der Waals surface area contributed by atoms with Crippen molar-refractivity contribution in [2.24, 2.45) is 0 Å². The number of amides is 2. The minimum Gasteiger partial charge on any atom is -0.461 e. The van der Waals surface area contributed by atoms with Crippen molar-refractivity contribution in [2.45, 2.75) is 51.7 Å². The van der Waals surface area contributed by atoms with Crippen LogP contribution in [-0.4, -0.2) is 36.5 Å². The topological polar surface area (TPSA) is 84.5 Å². The van der Waals surface area contributed by atoms with Gasteiger partial charge in [0.1, 0.15) is 12.1 Å². The molecule has 1 aliphatic heterocycles. The van der Waals surface area contributed by atoms with Crippen LogP contribution in [0.15, 0.2) is 24.3 Å². The molecule has 0 spiro atoms. The Morgan fingerprint density at radius 3 is 2.33 bits per heavy atom. The number of ether oxygens (including phenoxy) is 1. The Kier molecular flexibility index (Phi) is 5.26. The summed E-state index contributed by atoms with van der Waals surface area (Å²) < 4.78 is 4.97. The summed E-state index contributed by atoms with van der Waals surface area (Å²) in [7, 11) is 0. The fourth-order valence-electron chi connectivity index (χ4n) is 2.50. The van der Waals surface area contributed by atoms with Crippen LogP contribution in [0.5, 0.6) is 0 Å². The summed E-state index contributed by atoms with van der Waals surface area (Å²) in [6, 6.07) is 6.67. The van der Waals surface area contributed by atoms with Gasteiger partial charge in [-0.3, -0.25) is 9.59 Å². The second kappa shape index (κ2) is 7.03. The average Bonchev–Trinajstić information content (AvgIpc) is 2.81. The zero-order valence-corrected chi connectivity index (χ0v) is 14.5. The third kappa shape index (κ3) is 4.57. The van der Waals surface area contributed by atoms with Gasteiger partial charge >= 0.3 is 5.97 Å². The summed E-state index contributed by atoms with van der Waals surface area (Å²) >= 11 is 0. The second-order valence-corrected chi connectivity index (χ2v) is 7.11. The first kappa shape index (κ1) is 18.0. The van der Waals surface area contributed by atoms with E-state index in [4.69, 9.17) is 4.74 Å². The van der Waals surface area contributed by atoms with E-state index < -0.39 is 17.9 Å². The quantitative estimate of drug-likeness (QED) is 0.819. The van der Waals surface area contributed by atoms with Crippen LogP contribution in [0.25, 0.3) is 0 Å². The lowest BCUT2D eigenvalue weighted by Crippen LogP contribution is -2.43. The van der Waals surface area contributed by atoms with Gasteiger partial charge in [0.2, 0.25) is 5.91 Å². The number of benzene rings is 1. The first-order chi connectivity index (χ1) is 11.2. The molecule has 1 aromatic rings. The lowest BCUT2D eigenvalue weighted by Gasteiger charge is -2.19. The van der Waals surface area contributed by atoms with Crippen LogP contribution in [0.4, 0.5) is 0 Å². The van der Waals surface area contributed by atoms with Gasteiger partial charge in [0.05, 0.1) is 6.54 Å². The molecule has 0 aliphatic carbocycles. The number of esters is 1. The van der Waals surface area contributed by atoms with E-state index in [1.54, 1.807) is 19.1 Å². The fourth-order valence-corrected chi connectivity index (χ4v) is 2.50. The van der Waals surface area contributed by atoms with Crippen molar-refractivity contribution in [1.82, 2.24) is 10.6 Å². The number of hydrogen-bond acceptors (Lipinski definition) is 4. The van der Waals surface area contributed by atoms with Gasteiger partial charge in [0, 0.05) is 12.0 Å². The molecule has 1 heterocycles. The van der Waals surface area contributed by atoms with Crippen molar-refractivity contribution >= 4 is 17.8 Å². The molecule has 0 radical (unpaired) electrons. The summed E-state index contributed by atoms with van der Waals surface area (Å²) in [5.74, 6) is -1.17. The predicted octanol–water partition coefficient (Wildman–Crippen LogP) is 1.53. The fraction of sp³-hybridized carbons (Fsp3) is 0.500. The van der Waals surface area contributed by atoms with Gasteiger partial charge in [0.25, 0.3) is 5.91 Å². The highest BCUT2D eigenvalue weighted by Crippen LogP contribution is 2.22. The minimum atomic E-state index is -0.629. The van der Waals surface area contributed by atoms with E-state index in [0.29, 0.717) is 12.0 Å². The highest BCUT2D eigenvalue weighted by Gasteiger charge is 2.32. The maximum atomic E-state index is 12.1. The van der Waals surface area contributed by atoms with Crippen LogP contribution in [0.3, 0.4) is 0 Å². The summed E-state index contributed by atoms with van der Waals surface area (Å²) in [5.41, 5.74) is 1.64. The third-order valence-electron chi connectivity index (χ3n) is 3.93. The number of carbonyl (C=O) groups is 3. The van der Waals surface area contributed by atoms with E-state index in [9.17, 15) is 14.4 Å². The van der Waals surface area contributed by atoms with Crippen molar-refractivity contribution in [3.63, 3.8) is 0 Å². The molecule has 0 saturated carbocycles. The van der Waals surface area contributed by atoms with Crippen LogP contribution in [0.2, 0.25) is 0 Å². The number of carbonyl (C=O) groups excluding carboxylic acids is 3. The zero-order valence-electron chi connectivity index (χ0n) is 14.5. The maximum Gasteiger partial charge on any atom is 0.329 e. The van der Waals surface area contributed by atoms with Crippen LogP contribution in [0.1, 0.15) is 50.0 Å². The summed E-state index contributed by atoms with van der Waals surface area (Å²) in [4.78, 5) is 35.4. The van der Waals surface area contributed by atoms with Crippen molar-refractivity contribution in [1.29, 1.82) is 0 Å². The lowest BCUT2D eigenvalue weighted by atomic mass is 9.87. The van der Waals surface area contributed by atoms with Crippen molar-refractivity contribution < 1.29 is 19.1 Å². The Balaban J connectivity index is 1.84. The Morgan fingerprint density at radius 2 is 1.83 bits per heavy atom. The monoisotopic (exact) mass is 332 g/mol. The van der Waals surface area contributed by atoms with Gasteiger partial charge in [-0.05, 0) is 30.0 Å². The van der Waals surface area contributed by atoms with Gasteiger partial charge < -0.3 is 15.4 Å². The average molecular weight is 332 g/mol. The van der Waals surface area contributed by atoms with E-state index in [1.165, 1.54) is 0 Å². The standard InChI is InChI=1S/C18H24N2O4/c1-11-9-14(17(23)24-11)20-15(21)10-19-16(22)12-5-7-13(8-6-12)18(2,3)4/h5-8,11,14H,9-10H2,1-4H3,(H,19,22)(H,20,21)/t11-,14-/m1/s1. The van der Waals surface area contributed by atoms with E-state index in [0.717, 1.165) is 5.56 Å². The summed E-state index contributed by atoms with van der Waals surface area (Å²) in [5, 5.41) is 5.12. The molecular formula is C18H24N2O4. The largest absolute Gasteiger partial charge is 0.461 e. The first-order valence-electron chi connectivity index (χ1n) is 8.05. The molecule has 1 aromatic carbocycles. The molecule has 2 rings (SSSR count). The van der Waals surface area contributed by atoms with Gasteiger partial charge in [-0.2, -0.15) is 0 Å². The molecule has 130 valence electrons. The highest BCUT2D eigenvalue weighted by atomic mass is 16.6. The Morgan fingerprint density at radius 1 is 1.21 bits per heavy atom. The SMILES string of the molecule is C[C@@H]1C[C@@H](NC(=O)CNC(=O)c2ccc(C(C)(C)C)cc2)C(=O)O1. The van der Waals surface area contributed by atoms with Gasteiger partial charge in [-0.1, -0.05) is 32.9 Å². The van der Waals surface area contributed by atoms with Crippen molar-refractivity contribution in [3.8, 4) is 0 Å². The molecule has 1 fully saturated rings. The molecule has 0 bridgehead atoms. The third-order valence-corrected chi connectivity index (χ3v) is 3.93. The number of cyclic esters (lactones) is 1. The molecule has 6 nitrogen and oxygen atoms in total. The smallest absolute Gasteiger partial charge is 0.329 e. The summed E-state index contributed by atoms with van der Waals surface area (Å²) in [6.07, 6.45) is 0.256. The number of hydrogen-bond donors (Lipinski definition) is 2. The van der Waals surface area contributed by atoms with Gasteiger partial charge in [-0.25, -0.2) is 4.79 Å². The zero-order chi connectivity index (χ0) is 17.9. The van der Waals surface area contributed by atoms with E-state index in [-0.39, 0.29) is 24.0 Å². The molecular weight excluding hydrogens is 308 g/mol. The second-order valence-electron chi connectivity index (χ2n) is 7.11. The Bertz CT molecular complexity index is 631. The van der Waals surface area contributed by atoms with Crippen LogP contribution < -0.4 is 10.6 Å². The van der Waals surface area contributed by atoms with Gasteiger partial charge in [0.15, 0.2) is 0 Å². The molecule has 2 atom stereocenters. The molecule has 1 aliphatic rings. The van der Waals surface area contributed by atoms with Gasteiger partial charge in [-0.15, -0.1) is 0 Å². The Hall–Kier alpha value is -2.37. The molecule has 1 saturated heterocycles. The van der Waals surface area contributed by atoms with Crippen molar-refractivity contribution in [3.05, 3.63) is 35.4 Å². The predicted molar refractivity (Wildman–Crippen MR) is 89.6 cm³/mol. The molecule has 6 heteroatoms. The summed E-state index contributed by atoms with van der Waals surface area (Å²) in [6.45, 7) is 7.88. The van der Waals surface area contributed by atoms with Crippen LogP contribution in [0, 0.1) is 0 Å². The normalized spacial score (nSPS) is 20.4. The first-order valence-corrected chi connectivity index (χ1v) is 8.05. The van der Waals surface area contributed by atoms with E-state index in [2.05, 4.69) is 31.4 Å².